The maximum atomic E-state index is 10.9. The van der Waals surface area contributed by atoms with Crippen molar-refractivity contribution in [2.45, 2.75) is 51.7 Å². The SMILES string of the molecule is CC1CCCC(C)N1Cc1cc([N+](=O)[O-])ccc1NN. The first-order valence-electron chi connectivity index (χ1n) is 7.02. The Bertz CT molecular complexity index is 482. The molecule has 6 nitrogen and oxygen atoms in total. The van der Waals surface area contributed by atoms with Crippen LogP contribution >= 0.6 is 0 Å². The Balaban J connectivity index is 2.26. The number of nitrogens with one attached hydrogen (secondary N) is 1. The summed E-state index contributed by atoms with van der Waals surface area (Å²) in [6.07, 6.45) is 3.59. The highest BCUT2D eigenvalue weighted by atomic mass is 16.6. The summed E-state index contributed by atoms with van der Waals surface area (Å²) < 4.78 is 0. The second kappa shape index (κ2) is 6.19. The van der Waals surface area contributed by atoms with Gasteiger partial charge in [-0.15, -0.1) is 0 Å². The molecule has 0 bridgehead atoms. The fraction of sp³-hybridized carbons (Fsp3) is 0.571. The van der Waals surface area contributed by atoms with E-state index in [0.717, 1.165) is 11.3 Å². The molecule has 2 unspecified atom stereocenters. The van der Waals surface area contributed by atoms with Crippen LogP contribution in [0.5, 0.6) is 0 Å². The highest BCUT2D eigenvalue weighted by Gasteiger charge is 2.25. The van der Waals surface area contributed by atoms with Gasteiger partial charge < -0.3 is 5.43 Å². The zero-order valence-electron chi connectivity index (χ0n) is 12.0. The molecule has 6 heteroatoms. The molecule has 1 heterocycles. The van der Waals surface area contributed by atoms with E-state index in [4.69, 9.17) is 5.84 Å². The first kappa shape index (κ1) is 14.7. The third-order valence-corrected chi connectivity index (χ3v) is 4.18. The van der Waals surface area contributed by atoms with E-state index in [1.54, 1.807) is 12.1 Å². The zero-order chi connectivity index (χ0) is 14.7. The van der Waals surface area contributed by atoms with Crippen molar-refractivity contribution in [3.63, 3.8) is 0 Å². The van der Waals surface area contributed by atoms with E-state index in [-0.39, 0.29) is 10.6 Å². The molecular formula is C14H22N4O2. The minimum Gasteiger partial charge on any atom is -0.324 e. The summed E-state index contributed by atoms with van der Waals surface area (Å²) in [5.41, 5.74) is 4.37. The number of nitrogens with two attached hydrogens (primary N) is 1. The number of piperidine rings is 1. The number of anilines is 1. The maximum Gasteiger partial charge on any atom is 0.269 e. The summed E-state index contributed by atoms with van der Waals surface area (Å²) in [5.74, 6) is 5.51. The van der Waals surface area contributed by atoms with Gasteiger partial charge in [-0.25, -0.2) is 0 Å². The summed E-state index contributed by atoms with van der Waals surface area (Å²) in [6, 6.07) is 5.74. The van der Waals surface area contributed by atoms with Gasteiger partial charge in [-0.1, -0.05) is 6.42 Å². The van der Waals surface area contributed by atoms with Gasteiger partial charge in [-0.3, -0.25) is 20.9 Å². The second-order valence-electron chi connectivity index (χ2n) is 5.54. The lowest BCUT2D eigenvalue weighted by Crippen LogP contribution is -2.43. The molecule has 2 rings (SSSR count). The van der Waals surface area contributed by atoms with Gasteiger partial charge in [0.1, 0.15) is 0 Å². The number of benzene rings is 1. The van der Waals surface area contributed by atoms with Crippen LogP contribution in [0.4, 0.5) is 11.4 Å². The normalized spacial score (nSPS) is 23.6. The number of nitrogen functional groups attached to an aromatic ring is 1. The van der Waals surface area contributed by atoms with Gasteiger partial charge in [-0.05, 0) is 38.3 Å². The fourth-order valence-electron chi connectivity index (χ4n) is 2.95. The molecule has 3 N–H and O–H groups in total. The van der Waals surface area contributed by atoms with Crippen molar-refractivity contribution >= 4 is 11.4 Å². The van der Waals surface area contributed by atoms with Crippen LogP contribution in [0.1, 0.15) is 38.7 Å². The number of hydrogen-bond donors (Lipinski definition) is 2. The van der Waals surface area contributed by atoms with E-state index < -0.39 is 0 Å². The predicted molar refractivity (Wildman–Crippen MR) is 79.2 cm³/mol. The number of non-ortho nitro benzene ring substituents is 1. The molecule has 0 radical (unpaired) electrons. The summed E-state index contributed by atoms with van der Waals surface area (Å²) >= 11 is 0. The molecule has 1 aromatic rings. The second-order valence-corrected chi connectivity index (χ2v) is 5.54. The van der Waals surface area contributed by atoms with Gasteiger partial charge in [-0.2, -0.15) is 0 Å². The Hall–Kier alpha value is -1.66. The molecule has 1 aliphatic rings. The van der Waals surface area contributed by atoms with Gasteiger partial charge in [0.05, 0.1) is 10.6 Å². The van der Waals surface area contributed by atoms with E-state index in [1.807, 2.05) is 0 Å². The predicted octanol–water partition coefficient (Wildman–Crippen LogP) is 2.64. The lowest BCUT2D eigenvalue weighted by atomic mass is 9.96. The number of likely N-dealkylation sites (tertiary alicyclic amines) is 1. The van der Waals surface area contributed by atoms with E-state index in [2.05, 4.69) is 24.2 Å². The van der Waals surface area contributed by atoms with Gasteiger partial charge >= 0.3 is 0 Å². The minimum absolute atomic E-state index is 0.108. The molecule has 110 valence electrons. The van der Waals surface area contributed by atoms with Crippen LogP contribution in [0, 0.1) is 10.1 Å². The molecule has 2 atom stereocenters. The highest BCUT2D eigenvalue weighted by Crippen LogP contribution is 2.28. The zero-order valence-corrected chi connectivity index (χ0v) is 12.0. The lowest BCUT2D eigenvalue weighted by molar-refractivity contribution is -0.384. The summed E-state index contributed by atoms with van der Waals surface area (Å²) in [7, 11) is 0. The quantitative estimate of drug-likeness (QED) is 0.502. The minimum atomic E-state index is -0.368. The summed E-state index contributed by atoms with van der Waals surface area (Å²) in [4.78, 5) is 12.9. The maximum absolute atomic E-state index is 10.9. The number of nitro benzene ring substituents is 1. The Kier molecular flexibility index (Phi) is 4.57. The first-order valence-corrected chi connectivity index (χ1v) is 7.02. The van der Waals surface area contributed by atoms with E-state index >= 15 is 0 Å². The number of rotatable bonds is 4. The molecule has 0 aromatic heterocycles. The van der Waals surface area contributed by atoms with Crippen molar-refractivity contribution in [1.29, 1.82) is 0 Å². The van der Waals surface area contributed by atoms with Crippen molar-refractivity contribution in [3.05, 3.63) is 33.9 Å². The van der Waals surface area contributed by atoms with Gasteiger partial charge in [0.15, 0.2) is 0 Å². The molecule has 1 aliphatic heterocycles. The standard InChI is InChI=1S/C14H22N4O2/c1-10-4-3-5-11(2)17(10)9-12-8-13(18(19)20)6-7-14(12)16-15/h6-8,10-11,16H,3-5,9,15H2,1-2H3. The highest BCUT2D eigenvalue weighted by molar-refractivity contribution is 5.55. The van der Waals surface area contributed by atoms with Gasteiger partial charge in [0, 0.05) is 30.8 Å². The molecule has 0 saturated carbocycles. The molecule has 0 spiro atoms. The molecule has 20 heavy (non-hydrogen) atoms. The number of hydrogen-bond acceptors (Lipinski definition) is 5. The summed E-state index contributed by atoms with van der Waals surface area (Å²) in [6.45, 7) is 5.11. The van der Waals surface area contributed by atoms with Crippen LogP contribution in [-0.2, 0) is 6.54 Å². The van der Waals surface area contributed by atoms with Crippen molar-refractivity contribution in [1.82, 2.24) is 4.90 Å². The van der Waals surface area contributed by atoms with Crippen LogP contribution in [0.15, 0.2) is 18.2 Å². The number of nitrogens with zero attached hydrogens (tertiary/aromatic N) is 2. The molecule has 1 fully saturated rings. The molecule has 0 aliphatic carbocycles. The Morgan fingerprint density at radius 1 is 1.40 bits per heavy atom. The Morgan fingerprint density at radius 3 is 2.60 bits per heavy atom. The third-order valence-electron chi connectivity index (χ3n) is 4.18. The van der Waals surface area contributed by atoms with Crippen LogP contribution < -0.4 is 11.3 Å². The van der Waals surface area contributed by atoms with Crippen LogP contribution in [-0.4, -0.2) is 21.9 Å². The molecular weight excluding hydrogens is 256 g/mol. The molecule has 1 aromatic carbocycles. The monoisotopic (exact) mass is 278 g/mol. The van der Waals surface area contributed by atoms with Crippen molar-refractivity contribution < 1.29 is 4.92 Å². The average Bonchev–Trinajstić information content (AvgIpc) is 2.42. The smallest absolute Gasteiger partial charge is 0.269 e. The van der Waals surface area contributed by atoms with Crippen LogP contribution in [0.25, 0.3) is 0 Å². The summed E-state index contributed by atoms with van der Waals surface area (Å²) in [5, 5.41) is 10.9. The van der Waals surface area contributed by atoms with E-state index in [0.29, 0.717) is 18.6 Å². The Morgan fingerprint density at radius 2 is 2.05 bits per heavy atom. The molecule has 0 amide bonds. The fourth-order valence-corrected chi connectivity index (χ4v) is 2.95. The van der Waals surface area contributed by atoms with E-state index in [9.17, 15) is 10.1 Å². The van der Waals surface area contributed by atoms with Crippen molar-refractivity contribution in [3.8, 4) is 0 Å². The van der Waals surface area contributed by atoms with E-state index in [1.165, 1.54) is 25.3 Å². The average molecular weight is 278 g/mol. The third kappa shape index (κ3) is 3.08. The topological polar surface area (TPSA) is 84.4 Å². The van der Waals surface area contributed by atoms with Crippen molar-refractivity contribution in [2.75, 3.05) is 5.43 Å². The van der Waals surface area contributed by atoms with Gasteiger partial charge in [0.2, 0.25) is 0 Å². The van der Waals surface area contributed by atoms with Crippen LogP contribution in [0.2, 0.25) is 0 Å². The largest absolute Gasteiger partial charge is 0.324 e. The van der Waals surface area contributed by atoms with Crippen LogP contribution in [0.3, 0.4) is 0 Å². The molecule has 1 saturated heterocycles. The lowest BCUT2D eigenvalue weighted by Gasteiger charge is -2.39. The first-order chi connectivity index (χ1) is 9.52. The Labute approximate surface area is 119 Å². The van der Waals surface area contributed by atoms with Gasteiger partial charge in [0.25, 0.3) is 5.69 Å². The number of nitro groups is 1. The van der Waals surface area contributed by atoms with Crippen molar-refractivity contribution in [2.24, 2.45) is 5.84 Å². The number of hydrazine groups is 1.